The molecule has 0 aliphatic carbocycles. The quantitative estimate of drug-likeness (QED) is 0.485. The van der Waals surface area contributed by atoms with Crippen molar-refractivity contribution in [1.82, 2.24) is 9.78 Å². The second-order valence-corrected chi connectivity index (χ2v) is 26.7. The van der Waals surface area contributed by atoms with Gasteiger partial charge in [-0.3, -0.25) is 4.68 Å². The van der Waals surface area contributed by atoms with E-state index in [1.165, 1.54) is 5.32 Å². The van der Waals surface area contributed by atoms with E-state index in [9.17, 15) is 4.79 Å². The molecular formula is C20H36N2O2Si3. The first-order valence-corrected chi connectivity index (χ1v) is 20.5. The lowest BCUT2D eigenvalue weighted by Gasteiger charge is -2.40. The standard InChI is InChI=1S/C20H36N2O2Si3/c1-11-24-19(23)16-14-12-13-15-17(16)21-22(18(15)25(2,3)4)20(26(5,6)7)27(8,9)10/h12-14,20H,11H2,1-10H3. The van der Waals surface area contributed by atoms with Gasteiger partial charge in [0, 0.05) is 16.0 Å². The summed E-state index contributed by atoms with van der Waals surface area (Å²) >= 11 is 0. The first-order chi connectivity index (χ1) is 12.2. The topological polar surface area (TPSA) is 44.1 Å². The van der Waals surface area contributed by atoms with E-state index < -0.39 is 24.2 Å². The fraction of sp³-hybridized carbons (Fsp3) is 0.600. The molecule has 4 nitrogen and oxygen atoms in total. The second kappa shape index (κ2) is 7.33. The largest absolute Gasteiger partial charge is 0.462 e. The van der Waals surface area contributed by atoms with Gasteiger partial charge in [0.05, 0.1) is 28.3 Å². The molecule has 0 fully saturated rings. The van der Waals surface area contributed by atoms with E-state index in [0.29, 0.717) is 17.5 Å². The SMILES string of the molecule is CCOC(=O)c1cccc2c([Si](C)(C)C)n(C([Si](C)(C)C)[Si](C)(C)C)nc12. The summed E-state index contributed by atoms with van der Waals surface area (Å²) in [6, 6.07) is 5.96. The molecule has 0 atom stereocenters. The number of benzene rings is 1. The molecule has 0 amide bonds. The van der Waals surface area contributed by atoms with Crippen LogP contribution in [0.3, 0.4) is 0 Å². The molecular weight excluding hydrogens is 384 g/mol. The van der Waals surface area contributed by atoms with Crippen molar-refractivity contribution in [3.8, 4) is 0 Å². The molecule has 0 radical (unpaired) electrons. The first-order valence-electron chi connectivity index (χ1n) is 9.88. The third-order valence-electron chi connectivity index (χ3n) is 4.82. The van der Waals surface area contributed by atoms with E-state index in [1.807, 2.05) is 19.1 Å². The Morgan fingerprint density at radius 1 is 1.04 bits per heavy atom. The van der Waals surface area contributed by atoms with Gasteiger partial charge in [0.15, 0.2) is 0 Å². The van der Waals surface area contributed by atoms with Crippen LogP contribution in [0.25, 0.3) is 10.9 Å². The highest BCUT2D eigenvalue weighted by Gasteiger charge is 2.43. The van der Waals surface area contributed by atoms with Crippen molar-refractivity contribution in [3.63, 3.8) is 0 Å². The summed E-state index contributed by atoms with van der Waals surface area (Å²) in [6.45, 7) is 24.0. The van der Waals surface area contributed by atoms with E-state index in [1.54, 1.807) is 0 Å². The number of hydrogen-bond donors (Lipinski definition) is 0. The summed E-state index contributed by atoms with van der Waals surface area (Å²) in [5, 5.41) is 8.13. The maximum Gasteiger partial charge on any atom is 0.340 e. The average molecular weight is 421 g/mol. The number of carbonyl (C=O) groups is 1. The minimum Gasteiger partial charge on any atom is -0.462 e. The molecule has 27 heavy (non-hydrogen) atoms. The maximum absolute atomic E-state index is 12.5. The van der Waals surface area contributed by atoms with Crippen molar-refractivity contribution in [2.45, 2.75) is 71.1 Å². The Bertz CT molecular complexity index is 826. The highest BCUT2D eigenvalue weighted by atomic mass is 28.4. The van der Waals surface area contributed by atoms with Crippen molar-refractivity contribution >= 4 is 46.4 Å². The highest BCUT2D eigenvalue weighted by Crippen LogP contribution is 2.33. The molecule has 2 rings (SSSR count). The van der Waals surface area contributed by atoms with Crippen LogP contribution in [-0.2, 0) is 4.74 Å². The third kappa shape index (κ3) is 4.46. The van der Waals surface area contributed by atoms with Crippen molar-refractivity contribution in [2.75, 3.05) is 6.61 Å². The zero-order valence-electron chi connectivity index (χ0n) is 18.7. The summed E-state index contributed by atoms with van der Waals surface area (Å²) in [4.78, 5) is 12.5. The lowest BCUT2D eigenvalue weighted by molar-refractivity contribution is 0.0528. The Hall–Kier alpha value is -1.19. The zero-order chi connectivity index (χ0) is 20.8. The number of fused-ring (bicyclic) bond motifs is 1. The Morgan fingerprint density at radius 2 is 1.59 bits per heavy atom. The van der Waals surface area contributed by atoms with Crippen LogP contribution in [0.5, 0.6) is 0 Å². The van der Waals surface area contributed by atoms with Gasteiger partial charge in [0.1, 0.15) is 13.6 Å². The van der Waals surface area contributed by atoms with Gasteiger partial charge in [-0.05, 0) is 13.0 Å². The van der Waals surface area contributed by atoms with Crippen LogP contribution in [0.4, 0.5) is 0 Å². The van der Waals surface area contributed by atoms with Gasteiger partial charge in [0.2, 0.25) is 0 Å². The normalized spacial score (nSPS) is 13.4. The van der Waals surface area contributed by atoms with E-state index in [0.717, 1.165) is 10.9 Å². The molecule has 0 saturated carbocycles. The number of nitrogens with zero attached hydrogens (tertiary/aromatic N) is 2. The van der Waals surface area contributed by atoms with Crippen LogP contribution >= 0.6 is 0 Å². The minimum absolute atomic E-state index is 0.271. The number of esters is 1. The summed E-state index contributed by atoms with van der Waals surface area (Å²) < 4.78 is 7.68. The lowest BCUT2D eigenvalue weighted by atomic mass is 10.1. The van der Waals surface area contributed by atoms with E-state index in [-0.39, 0.29) is 5.97 Å². The Kier molecular flexibility index (Phi) is 6.00. The number of ether oxygens (including phenoxy) is 1. The summed E-state index contributed by atoms with van der Waals surface area (Å²) in [5.41, 5.74) is 1.41. The van der Waals surface area contributed by atoms with Gasteiger partial charge in [-0.2, -0.15) is 5.10 Å². The van der Waals surface area contributed by atoms with Crippen LogP contribution < -0.4 is 5.32 Å². The van der Waals surface area contributed by atoms with Gasteiger partial charge in [0.25, 0.3) is 0 Å². The van der Waals surface area contributed by atoms with E-state index in [2.05, 4.69) is 69.7 Å². The number of aromatic nitrogens is 2. The molecule has 1 aromatic heterocycles. The molecule has 7 heteroatoms. The molecule has 0 N–H and O–H groups in total. The Labute approximate surface area is 167 Å². The van der Waals surface area contributed by atoms with Crippen LogP contribution in [0.15, 0.2) is 18.2 Å². The van der Waals surface area contributed by atoms with Gasteiger partial charge in [-0.1, -0.05) is 71.1 Å². The molecule has 0 unspecified atom stereocenters. The second-order valence-electron chi connectivity index (χ2n) is 10.6. The molecule has 0 bridgehead atoms. The molecule has 0 spiro atoms. The van der Waals surface area contributed by atoms with Crippen LogP contribution in [0.1, 0.15) is 22.6 Å². The van der Waals surface area contributed by atoms with Crippen molar-refractivity contribution in [3.05, 3.63) is 23.8 Å². The number of carbonyl (C=O) groups excluding carboxylic acids is 1. The van der Waals surface area contributed by atoms with Crippen LogP contribution in [0, 0.1) is 0 Å². The molecule has 1 heterocycles. The Balaban J connectivity index is 2.91. The fourth-order valence-electron chi connectivity index (χ4n) is 4.46. The molecule has 0 saturated heterocycles. The van der Waals surface area contributed by atoms with Gasteiger partial charge in [-0.25, -0.2) is 4.79 Å². The lowest BCUT2D eigenvalue weighted by Crippen LogP contribution is -2.56. The van der Waals surface area contributed by atoms with Crippen molar-refractivity contribution in [1.29, 1.82) is 0 Å². The molecule has 1 aromatic carbocycles. The smallest absolute Gasteiger partial charge is 0.340 e. The van der Waals surface area contributed by atoms with E-state index >= 15 is 0 Å². The van der Waals surface area contributed by atoms with Gasteiger partial charge in [-0.15, -0.1) is 0 Å². The minimum atomic E-state index is -1.69. The predicted molar refractivity (Wildman–Crippen MR) is 124 cm³/mol. The monoisotopic (exact) mass is 420 g/mol. The van der Waals surface area contributed by atoms with Gasteiger partial charge < -0.3 is 4.74 Å². The number of hydrogen-bond acceptors (Lipinski definition) is 3. The number of rotatable bonds is 6. The Morgan fingerprint density at radius 3 is 2.04 bits per heavy atom. The molecule has 0 aliphatic heterocycles. The fourth-order valence-corrected chi connectivity index (χ4v) is 18.8. The summed E-state index contributed by atoms with van der Waals surface area (Å²) in [7, 11) is -4.75. The third-order valence-corrected chi connectivity index (χ3v) is 15.7. The zero-order valence-corrected chi connectivity index (χ0v) is 21.7. The van der Waals surface area contributed by atoms with E-state index in [4.69, 9.17) is 9.84 Å². The first kappa shape index (κ1) is 22.1. The van der Waals surface area contributed by atoms with Crippen molar-refractivity contribution < 1.29 is 9.53 Å². The predicted octanol–water partition coefficient (Wildman–Crippen LogP) is 5.05. The average Bonchev–Trinajstić information content (AvgIpc) is 2.82. The highest BCUT2D eigenvalue weighted by molar-refractivity contribution is 6.96. The summed E-state index contributed by atoms with van der Waals surface area (Å²) in [5.74, 6) is -0.271. The summed E-state index contributed by atoms with van der Waals surface area (Å²) in [6.07, 6.45) is 0. The molecule has 0 aliphatic rings. The van der Waals surface area contributed by atoms with Gasteiger partial charge >= 0.3 is 5.97 Å². The van der Waals surface area contributed by atoms with Crippen LogP contribution in [-0.4, -0.2) is 46.6 Å². The maximum atomic E-state index is 12.5. The molecule has 150 valence electrons. The van der Waals surface area contributed by atoms with Crippen molar-refractivity contribution in [2.24, 2.45) is 0 Å². The van der Waals surface area contributed by atoms with Crippen LogP contribution in [0.2, 0.25) is 58.9 Å². The molecule has 2 aromatic rings.